The van der Waals surface area contributed by atoms with E-state index < -0.39 is 5.97 Å². The number of nitrogen functional groups attached to an aromatic ring is 1. The second-order valence-electron chi connectivity index (χ2n) is 5.00. The van der Waals surface area contributed by atoms with Crippen LogP contribution in [-0.2, 0) is 4.74 Å². The van der Waals surface area contributed by atoms with Gasteiger partial charge < -0.3 is 20.0 Å². The van der Waals surface area contributed by atoms with Crippen molar-refractivity contribution < 1.29 is 9.53 Å². The highest BCUT2D eigenvalue weighted by Crippen LogP contribution is 2.26. The lowest BCUT2D eigenvalue weighted by atomic mass is 10.2. The van der Waals surface area contributed by atoms with E-state index >= 15 is 0 Å². The normalized spacial score (nSPS) is 10.6. The molecule has 3 rings (SSSR count). The average Bonchev–Trinajstić information content (AvgIpc) is 3.04. The topological polar surface area (TPSA) is 96.8 Å². The maximum atomic E-state index is 12.0. The minimum absolute atomic E-state index is 0.125. The number of carbonyl (C=O) groups is 1. The molecule has 0 aliphatic heterocycles. The molecule has 0 aliphatic carbocycles. The number of methoxy groups -OCH3 is 1. The minimum Gasteiger partial charge on any atom is -0.464 e. The van der Waals surface area contributed by atoms with Gasteiger partial charge in [-0.3, -0.25) is 0 Å². The predicted molar refractivity (Wildman–Crippen MR) is 82.8 cm³/mol. The summed E-state index contributed by atoms with van der Waals surface area (Å²) in [7, 11) is 1.28. The Morgan fingerprint density at radius 1 is 1.41 bits per heavy atom. The molecule has 0 aliphatic rings. The summed E-state index contributed by atoms with van der Waals surface area (Å²) in [5, 5.41) is 10.1. The van der Waals surface area contributed by atoms with Crippen LogP contribution in [0.5, 0.6) is 0 Å². The molecule has 6 heteroatoms. The number of carbonyl (C=O) groups excluding carboxylic acids is 1. The number of aromatic nitrogens is 2. The third-order valence-corrected chi connectivity index (χ3v) is 3.56. The lowest BCUT2D eigenvalue weighted by molar-refractivity contribution is 0.0593. The fourth-order valence-corrected chi connectivity index (χ4v) is 2.53. The van der Waals surface area contributed by atoms with Crippen molar-refractivity contribution in [2.24, 2.45) is 0 Å². The van der Waals surface area contributed by atoms with E-state index in [4.69, 9.17) is 15.7 Å². The van der Waals surface area contributed by atoms with Gasteiger partial charge in [0.2, 0.25) is 0 Å². The summed E-state index contributed by atoms with van der Waals surface area (Å²) < 4.78 is 6.36. The van der Waals surface area contributed by atoms with E-state index in [1.165, 1.54) is 7.11 Å². The fraction of sp³-hybridized carbons (Fsp3) is 0.125. The van der Waals surface area contributed by atoms with E-state index in [1.54, 1.807) is 10.8 Å². The Labute approximate surface area is 126 Å². The van der Waals surface area contributed by atoms with Gasteiger partial charge in [0.05, 0.1) is 18.4 Å². The number of aromatic amines is 1. The zero-order chi connectivity index (χ0) is 15.9. The second kappa shape index (κ2) is 4.97. The van der Waals surface area contributed by atoms with Crippen LogP contribution in [0, 0.1) is 18.3 Å². The third-order valence-electron chi connectivity index (χ3n) is 3.56. The molecule has 0 amide bonds. The molecule has 110 valence electrons. The number of anilines is 1. The smallest absolute Gasteiger partial charge is 0.357 e. The largest absolute Gasteiger partial charge is 0.464 e. The van der Waals surface area contributed by atoms with Crippen LogP contribution in [-0.4, -0.2) is 22.6 Å². The molecule has 0 unspecified atom stereocenters. The van der Waals surface area contributed by atoms with Crippen LogP contribution in [0.4, 0.5) is 5.69 Å². The van der Waals surface area contributed by atoms with Crippen molar-refractivity contribution in [1.82, 2.24) is 9.55 Å². The molecule has 3 N–H and O–H groups in total. The van der Waals surface area contributed by atoms with Crippen molar-refractivity contribution in [3.63, 3.8) is 0 Å². The summed E-state index contributed by atoms with van der Waals surface area (Å²) in [6, 6.07) is 9.69. The Balaban J connectivity index is 2.25. The van der Waals surface area contributed by atoms with Gasteiger partial charge in [-0.1, -0.05) is 0 Å². The molecule has 0 saturated carbocycles. The standard InChI is InChI=1S/C16H14N4O2/c1-9-5-10-6-12(3-4-13(10)19-9)20-8-11(7-17)14(18)15(20)16(21)22-2/h3-6,8,19H,18H2,1-2H3. The highest BCUT2D eigenvalue weighted by atomic mass is 16.5. The number of hydrogen-bond acceptors (Lipinski definition) is 4. The number of ether oxygens (including phenoxy) is 1. The van der Waals surface area contributed by atoms with E-state index in [0.29, 0.717) is 0 Å². The number of fused-ring (bicyclic) bond motifs is 1. The number of H-pyrrole nitrogens is 1. The van der Waals surface area contributed by atoms with Crippen molar-refractivity contribution >= 4 is 22.6 Å². The van der Waals surface area contributed by atoms with E-state index in [9.17, 15) is 4.79 Å². The van der Waals surface area contributed by atoms with Crippen molar-refractivity contribution in [2.75, 3.05) is 12.8 Å². The first-order valence-corrected chi connectivity index (χ1v) is 6.64. The SMILES string of the molecule is COC(=O)c1c(N)c(C#N)cn1-c1ccc2[nH]c(C)cc2c1. The van der Waals surface area contributed by atoms with Crippen LogP contribution in [0.15, 0.2) is 30.5 Å². The molecule has 0 spiro atoms. The van der Waals surface area contributed by atoms with Crippen molar-refractivity contribution in [1.29, 1.82) is 5.26 Å². The van der Waals surface area contributed by atoms with Crippen LogP contribution in [0.1, 0.15) is 21.7 Å². The summed E-state index contributed by atoms with van der Waals surface area (Å²) in [5.74, 6) is -0.579. The molecule has 0 bridgehead atoms. The lowest BCUT2D eigenvalue weighted by Gasteiger charge is -2.08. The van der Waals surface area contributed by atoms with Crippen LogP contribution in [0.3, 0.4) is 0 Å². The van der Waals surface area contributed by atoms with Crippen molar-refractivity contribution in [2.45, 2.75) is 6.92 Å². The maximum Gasteiger partial charge on any atom is 0.357 e. The van der Waals surface area contributed by atoms with Gasteiger partial charge in [0.1, 0.15) is 6.07 Å². The molecule has 1 aromatic carbocycles. The van der Waals surface area contributed by atoms with Gasteiger partial charge in [-0.15, -0.1) is 0 Å². The lowest BCUT2D eigenvalue weighted by Crippen LogP contribution is -2.11. The number of nitrogens with one attached hydrogen (secondary N) is 1. The Bertz CT molecular complexity index is 928. The first kappa shape index (κ1) is 13.8. The third kappa shape index (κ3) is 2.00. The molecule has 0 fully saturated rings. The summed E-state index contributed by atoms with van der Waals surface area (Å²) >= 11 is 0. The molecule has 0 atom stereocenters. The monoisotopic (exact) mass is 294 g/mol. The molecule has 0 saturated heterocycles. The molecule has 22 heavy (non-hydrogen) atoms. The quantitative estimate of drug-likeness (QED) is 0.710. The summed E-state index contributed by atoms with van der Waals surface area (Å²) in [6.07, 6.45) is 1.54. The average molecular weight is 294 g/mol. The molecular weight excluding hydrogens is 280 g/mol. The molecule has 2 aromatic heterocycles. The number of rotatable bonds is 2. The fourth-order valence-electron chi connectivity index (χ4n) is 2.53. The Morgan fingerprint density at radius 2 is 2.18 bits per heavy atom. The molecular formula is C16H14N4O2. The number of nitriles is 1. The number of aryl methyl sites for hydroxylation is 1. The molecule has 2 heterocycles. The molecule has 3 aromatic rings. The van der Waals surface area contributed by atoms with Gasteiger partial charge in [-0.25, -0.2) is 4.79 Å². The first-order chi connectivity index (χ1) is 10.5. The summed E-state index contributed by atoms with van der Waals surface area (Å²) in [4.78, 5) is 15.2. The summed E-state index contributed by atoms with van der Waals surface area (Å²) in [6.45, 7) is 1.97. The maximum absolute atomic E-state index is 12.0. The Hall–Kier alpha value is -3.20. The van der Waals surface area contributed by atoms with Crippen molar-refractivity contribution in [3.05, 3.63) is 47.4 Å². The van der Waals surface area contributed by atoms with Gasteiger partial charge in [0.25, 0.3) is 0 Å². The number of nitrogens with two attached hydrogens (primary N) is 1. The molecule has 0 radical (unpaired) electrons. The van der Waals surface area contributed by atoms with Gasteiger partial charge in [0, 0.05) is 28.5 Å². The van der Waals surface area contributed by atoms with Gasteiger partial charge in [0.15, 0.2) is 5.69 Å². The molecule has 6 nitrogen and oxygen atoms in total. The van der Waals surface area contributed by atoms with Gasteiger partial charge in [-0.2, -0.15) is 5.26 Å². The number of benzene rings is 1. The Morgan fingerprint density at radius 3 is 2.86 bits per heavy atom. The van der Waals surface area contributed by atoms with Crippen LogP contribution in [0.25, 0.3) is 16.6 Å². The van der Waals surface area contributed by atoms with Gasteiger partial charge >= 0.3 is 5.97 Å². The second-order valence-corrected chi connectivity index (χ2v) is 5.00. The van der Waals surface area contributed by atoms with E-state index in [0.717, 1.165) is 22.3 Å². The zero-order valence-corrected chi connectivity index (χ0v) is 12.2. The Kier molecular flexibility index (Phi) is 3.11. The van der Waals surface area contributed by atoms with Crippen molar-refractivity contribution in [3.8, 4) is 11.8 Å². The number of esters is 1. The van der Waals surface area contributed by atoms with E-state index in [1.807, 2.05) is 37.3 Å². The summed E-state index contributed by atoms with van der Waals surface area (Å²) in [5.41, 5.74) is 9.20. The van der Waals surface area contributed by atoms with Crippen LogP contribution < -0.4 is 5.73 Å². The highest BCUT2D eigenvalue weighted by Gasteiger charge is 2.21. The van der Waals surface area contributed by atoms with Crippen LogP contribution in [0.2, 0.25) is 0 Å². The highest BCUT2D eigenvalue weighted by molar-refractivity contribution is 5.96. The zero-order valence-electron chi connectivity index (χ0n) is 12.2. The minimum atomic E-state index is -0.579. The predicted octanol–water partition coefficient (Wildman–Crippen LogP) is 2.51. The van der Waals surface area contributed by atoms with Gasteiger partial charge in [-0.05, 0) is 31.2 Å². The van der Waals surface area contributed by atoms with Crippen LogP contribution >= 0.6 is 0 Å². The first-order valence-electron chi connectivity index (χ1n) is 6.64. The number of hydrogen-bond donors (Lipinski definition) is 2. The van der Waals surface area contributed by atoms with E-state index in [-0.39, 0.29) is 16.9 Å². The number of nitrogens with zero attached hydrogens (tertiary/aromatic N) is 2. The van der Waals surface area contributed by atoms with E-state index in [2.05, 4.69) is 4.98 Å².